The minimum absolute atomic E-state index is 0.0585. The Balaban J connectivity index is 1.43. The van der Waals surface area contributed by atoms with E-state index < -0.39 is 0 Å². The molecule has 4 rings (SSSR count). The van der Waals surface area contributed by atoms with Gasteiger partial charge in [-0.3, -0.25) is 4.79 Å². The highest BCUT2D eigenvalue weighted by Gasteiger charge is 2.23. The number of ether oxygens (including phenoxy) is 1. The SMILES string of the molecule is CC(=O)Nc1ccc(CNC[C@H]2COCc3nc4ccc(C)cc4n32)cc1. The Morgan fingerprint density at radius 2 is 2.07 bits per heavy atom. The maximum atomic E-state index is 11.1. The van der Waals surface area contributed by atoms with Gasteiger partial charge >= 0.3 is 0 Å². The second-order valence-electron chi connectivity index (χ2n) is 7.07. The van der Waals surface area contributed by atoms with Gasteiger partial charge in [-0.1, -0.05) is 18.2 Å². The van der Waals surface area contributed by atoms with Crippen LogP contribution in [-0.2, 0) is 22.7 Å². The van der Waals surface area contributed by atoms with Crippen LogP contribution < -0.4 is 10.6 Å². The molecule has 1 aliphatic rings. The van der Waals surface area contributed by atoms with Gasteiger partial charge in [0.15, 0.2) is 0 Å². The first-order valence-electron chi connectivity index (χ1n) is 9.22. The zero-order valence-corrected chi connectivity index (χ0v) is 15.7. The average molecular weight is 364 g/mol. The van der Waals surface area contributed by atoms with E-state index in [-0.39, 0.29) is 11.9 Å². The first kappa shape index (κ1) is 17.7. The van der Waals surface area contributed by atoms with Crippen LogP contribution in [0.15, 0.2) is 42.5 Å². The normalized spacial score (nSPS) is 16.3. The Kier molecular flexibility index (Phi) is 4.92. The standard InChI is InChI=1S/C21H24N4O2/c1-14-3-8-19-20(9-14)25-18(12-27-13-21(25)24-19)11-22-10-16-4-6-17(7-5-16)23-15(2)26/h3-9,18,22H,10-13H2,1-2H3,(H,23,26)/t18-/m0/s1. The van der Waals surface area contributed by atoms with E-state index in [0.29, 0.717) is 13.2 Å². The summed E-state index contributed by atoms with van der Waals surface area (Å²) in [6, 6.07) is 14.5. The van der Waals surface area contributed by atoms with Crippen LogP contribution in [0.2, 0.25) is 0 Å². The molecule has 0 fully saturated rings. The zero-order chi connectivity index (χ0) is 18.8. The Labute approximate surface area is 158 Å². The molecular weight excluding hydrogens is 340 g/mol. The summed E-state index contributed by atoms with van der Waals surface area (Å²) in [7, 11) is 0. The van der Waals surface area contributed by atoms with Crippen molar-refractivity contribution >= 4 is 22.6 Å². The number of fused-ring (bicyclic) bond motifs is 3. The van der Waals surface area contributed by atoms with E-state index in [1.807, 2.05) is 24.3 Å². The van der Waals surface area contributed by atoms with Gasteiger partial charge < -0.3 is 19.9 Å². The summed E-state index contributed by atoms with van der Waals surface area (Å²) in [6.45, 7) is 6.43. The van der Waals surface area contributed by atoms with E-state index >= 15 is 0 Å². The van der Waals surface area contributed by atoms with E-state index in [2.05, 4.69) is 40.3 Å². The Morgan fingerprint density at radius 3 is 2.85 bits per heavy atom. The van der Waals surface area contributed by atoms with Gasteiger partial charge in [0, 0.05) is 25.7 Å². The maximum Gasteiger partial charge on any atom is 0.221 e. The second-order valence-corrected chi connectivity index (χ2v) is 7.07. The lowest BCUT2D eigenvalue weighted by Crippen LogP contribution is -2.32. The van der Waals surface area contributed by atoms with E-state index in [9.17, 15) is 4.79 Å². The van der Waals surface area contributed by atoms with Crippen molar-refractivity contribution in [1.29, 1.82) is 0 Å². The number of aromatic nitrogens is 2. The van der Waals surface area contributed by atoms with Crippen LogP contribution in [0.3, 0.4) is 0 Å². The van der Waals surface area contributed by atoms with E-state index in [4.69, 9.17) is 9.72 Å². The fourth-order valence-electron chi connectivity index (χ4n) is 3.57. The quantitative estimate of drug-likeness (QED) is 0.730. The largest absolute Gasteiger partial charge is 0.371 e. The molecule has 0 aliphatic carbocycles. The van der Waals surface area contributed by atoms with Gasteiger partial charge in [0.25, 0.3) is 0 Å². The van der Waals surface area contributed by atoms with Crippen molar-refractivity contribution in [3.8, 4) is 0 Å². The summed E-state index contributed by atoms with van der Waals surface area (Å²) in [4.78, 5) is 15.8. The molecule has 1 aliphatic heterocycles. The molecule has 0 unspecified atom stereocenters. The van der Waals surface area contributed by atoms with Gasteiger partial charge in [-0.25, -0.2) is 4.98 Å². The molecule has 2 aromatic carbocycles. The highest BCUT2D eigenvalue weighted by atomic mass is 16.5. The van der Waals surface area contributed by atoms with Crippen molar-refractivity contribution in [2.75, 3.05) is 18.5 Å². The van der Waals surface area contributed by atoms with Gasteiger partial charge in [0.2, 0.25) is 5.91 Å². The van der Waals surface area contributed by atoms with Gasteiger partial charge in [0.05, 0.1) is 23.7 Å². The van der Waals surface area contributed by atoms with Crippen LogP contribution >= 0.6 is 0 Å². The molecule has 2 N–H and O–H groups in total. The molecule has 0 bridgehead atoms. The fraction of sp³-hybridized carbons (Fsp3) is 0.333. The number of anilines is 1. The number of carbonyl (C=O) groups is 1. The smallest absolute Gasteiger partial charge is 0.221 e. The number of nitrogens with one attached hydrogen (secondary N) is 2. The van der Waals surface area contributed by atoms with E-state index in [0.717, 1.165) is 30.1 Å². The number of rotatable bonds is 5. The molecule has 140 valence electrons. The third kappa shape index (κ3) is 3.86. The van der Waals surface area contributed by atoms with Crippen molar-refractivity contribution in [1.82, 2.24) is 14.9 Å². The monoisotopic (exact) mass is 364 g/mol. The van der Waals surface area contributed by atoms with Crippen LogP contribution in [0.25, 0.3) is 11.0 Å². The molecule has 1 atom stereocenters. The van der Waals surface area contributed by atoms with Gasteiger partial charge in [-0.05, 0) is 42.3 Å². The van der Waals surface area contributed by atoms with Crippen molar-refractivity contribution in [2.45, 2.75) is 33.0 Å². The molecule has 2 heterocycles. The van der Waals surface area contributed by atoms with Crippen molar-refractivity contribution in [3.05, 3.63) is 59.4 Å². The predicted molar refractivity (Wildman–Crippen MR) is 106 cm³/mol. The third-order valence-corrected chi connectivity index (χ3v) is 4.81. The molecule has 6 nitrogen and oxygen atoms in total. The minimum atomic E-state index is -0.0585. The number of aryl methyl sites for hydroxylation is 1. The van der Waals surface area contributed by atoms with Gasteiger partial charge in [0.1, 0.15) is 12.4 Å². The highest BCUT2D eigenvalue weighted by molar-refractivity contribution is 5.88. The summed E-state index contributed by atoms with van der Waals surface area (Å²) < 4.78 is 8.08. The van der Waals surface area contributed by atoms with Crippen LogP contribution in [0.1, 0.15) is 29.9 Å². The number of nitrogens with zero attached hydrogens (tertiary/aromatic N) is 2. The highest BCUT2D eigenvalue weighted by Crippen LogP contribution is 2.26. The molecule has 0 spiro atoms. The Morgan fingerprint density at radius 1 is 1.26 bits per heavy atom. The van der Waals surface area contributed by atoms with Gasteiger partial charge in [-0.15, -0.1) is 0 Å². The van der Waals surface area contributed by atoms with Crippen molar-refractivity contribution in [2.24, 2.45) is 0 Å². The predicted octanol–water partition coefficient (Wildman–Crippen LogP) is 3.16. The summed E-state index contributed by atoms with van der Waals surface area (Å²) in [5.74, 6) is 0.935. The third-order valence-electron chi connectivity index (χ3n) is 4.81. The lowest BCUT2D eigenvalue weighted by atomic mass is 10.2. The maximum absolute atomic E-state index is 11.1. The van der Waals surface area contributed by atoms with E-state index in [1.165, 1.54) is 23.6 Å². The van der Waals surface area contributed by atoms with E-state index in [1.54, 1.807) is 0 Å². The molecule has 3 aromatic rings. The van der Waals surface area contributed by atoms with Crippen LogP contribution in [0.5, 0.6) is 0 Å². The molecule has 0 saturated carbocycles. The summed E-state index contributed by atoms with van der Waals surface area (Å²) >= 11 is 0. The topological polar surface area (TPSA) is 68.2 Å². The Bertz CT molecular complexity index is 962. The summed E-state index contributed by atoms with van der Waals surface area (Å²) in [5, 5.41) is 6.31. The molecule has 6 heteroatoms. The molecule has 0 radical (unpaired) electrons. The molecule has 27 heavy (non-hydrogen) atoms. The second kappa shape index (κ2) is 7.50. The lowest BCUT2D eigenvalue weighted by Gasteiger charge is -2.26. The number of hydrogen-bond acceptors (Lipinski definition) is 4. The number of carbonyl (C=O) groups excluding carboxylic acids is 1. The van der Waals surface area contributed by atoms with Crippen LogP contribution in [0, 0.1) is 6.92 Å². The number of hydrogen-bond donors (Lipinski definition) is 2. The molecule has 1 amide bonds. The van der Waals surface area contributed by atoms with Gasteiger partial charge in [-0.2, -0.15) is 0 Å². The van der Waals surface area contributed by atoms with Crippen LogP contribution in [0.4, 0.5) is 5.69 Å². The minimum Gasteiger partial charge on any atom is -0.371 e. The average Bonchev–Trinajstić information content (AvgIpc) is 3.01. The van der Waals surface area contributed by atoms with Crippen LogP contribution in [-0.4, -0.2) is 28.6 Å². The first-order valence-corrected chi connectivity index (χ1v) is 9.22. The number of benzene rings is 2. The summed E-state index contributed by atoms with van der Waals surface area (Å²) in [6.07, 6.45) is 0. The fourth-order valence-corrected chi connectivity index (χ4v) is 3.57. The molecule has 0 saturated heterocycles. The Hall–Kier alpha value is -2.70. The molecule has 1 aromatic heterocycles. The lowest BCUT2D eigenvalue weighted by molar-refractivity contribution is -0.114. The first-order chi connectivity index (χ1) is 13.1. The number of amides is 1. The molecular formula is C21H24N4O2. The summed E-state index contributed by atoms with van der Waals surface area (Å²) in [5.41, 5.74) is 5.44. The zero-order valence-electron chi connectivity index (χ0n) is 15.7. The van der Waals surface area contributed by atoms with Crippen molar-refractivity contribution in [3.63, 3.8) is 0 Å². The van der Waals surface area contributed by atoms with Crippen molar-refractivity contribution < 1.29 is 9.53 Å². The number of imidazole rings is 1.